The SMILES string of the molecule is COc1ccc2c(c1)c(OCCOc1ccc([N+](=O)[O-])cc1)nn2Cc1ccc(F)cc1. The molecule has 32 heavy (non-hydrogen) atoms. The lowest BCUT2D eigenvalue weighted by Gasteiger charge is -2.07. The highest BCUT2D eigenvalue weighted by Gasteiger charge is 2.14. The van der Waals surface area contributed by atoms with Crippen molar-refractivity contribution in [2.24, 2.45) is 0 Å². The van der Waals surface area contributed by atoms with Gasteiger partial charge in [0.2, 0.25) is 5.88 Å². The molecule has 0 bridgehead atoms. The normalized spacial score (nSPS) is 10.8. The highest BCUT2D eigenvalue weighted by Crippen LogP contribution is 2.29. The molecule has 0 N–H and O–H groups in total. The van der Waals surface area contributed by atoms with Crippen LogP contribution in [-0.4, -0.2) is 35.0 Å². The van der Waals surface area contributed by atoms with Crippen LogP contribution in [0.1, 0.15) is 5.56 Å². The molecule has 9 heteroatoms. The Labute approximate surface area is 182 Å². The van der Waals surface area contributed by atoms with Crippen LogP contribution in [0.25, 0.3) is 10.9 Å². The van der Waals surface area contributed by atoms with Crippen molar-refractivity contribution in [2.75, 3.05) is 20.3 Å². The predicted octanol–water partition coefficient (Wildman–Crippen LogP) is 4.60. The Hall–Kier alpha value is -4.14. The summed E-state index contributed by atoms with van der Waals surface area (Å²) in [6.45, 7) is 0.900. The topological polar surface area (TPSA) is 88.7 Å². The van der Waals surface area contributed by atoms with Crippen LogP contribution in [0.3, 0.4) is 0 Å². The fourth-order valence-corrected chi connectivity index (χ4v) is 3.21. The van der Waals surface area contributed by atoms with E-state index in [1.165, 1.54) is 36.4 Å². The van der Waals surface area contributed by atoms with Crippen LogP contribution < -0.4 is 14.2 Å². The van der Waals surface area contributed by atoms with Gasteiger partial charge in [0.1, 0.15) is 30.5 Å². The molecule has 0 amide bonds. The van der Waals surface area contributed by atoms with E-state index in [2.05, 4.69) is 5.10 Å². The number of methoxy groups -OCH3 is 1. The Kier molecular flexibility index (Phi) is 6.16. The molecule has 8 nitrogen and oxygen atoms in total. The summed E-state index contributed by atoms with van der Waals surface area (Å²) in [5, 5.41) is 16.1. The van der Waals surface area contributed by atoms with E-state index in [0.29, 0.717) is 23.9 Å². The monoisotopic (exact) mass is 437 g/mol. The van der Waals surface area contributed by atoms with E-state index in [1.54, 1.807) is 23.9 Å². The van der Waals surface area contributed by atoms with Crippen LogP contribution >= 0.6 is 0 Å². The molecule has 0 spiro atoms. The largest absolute Gasteiger partial charge is 0.497 e. The summed E-state index contributed by atoms with van der Waals surface area (Å²) in [7, 11) is 1.59. The minimum absolute atomic E-state index is 0.000659. The molecule has 0 aliphatic heterocycles. The fraction of sp³-hybridized carbons (Fsp3) is 0.174. The van der Waals surface area contributed by atoms with Gasteiger partial charge in [-0.3, -0.25) is 14.8 Å². The van der Waals surface area contributed by atoms with Gasteiger partial charge in [0, 0.05) is 12.1 Å². The molecule has 0 unspecified atom stereocenters. The zero-order valence-corrected chi connectivity index (χ0v) is 17.2. The van der Waals surface area contributed by atoms with Gasteiger partial charge in [-0.05, 0) is 48.0 Å². The minimum Gasteiger partial charge on any atom is -0.497 e. The third-order valence-electron chi connectivity index (χ3n) is 4.81. The molecule has 0 radical (unpaired) electrons. The highest BCUT2D eigenvalue weighted by molar-refractivity contribution is 5.86. The quantitative estimate of drug-likeness (QED) is 0.216. The summed E-state index contributed by atoms with van der Waals surface area (Å²) >= 11 is 0. The van der Waals surface area contributed by atoms with Crippen LogP contribution in [0, 0.1) is 15.9 Å². The average Bonchev–Trinajstić information content (AvgIpc) is 3.15. The van der Waals surface area contributed by atoms with Crippen LogP contribution in [0.15, 0.2) is 66.7 Å². The number of rotatable bonds is 9. The first-order chi connectivity index (χ1) is 15.5. The number of hydrogen-bond acceptors (Lipinski definition) is 6. The van der Waals surface area contributed by atoms with Gasteiger partial charge in [0.05, 0.1) is 29.5 Å². The van der Waals surface area contributed by atoms with Crippen LogP contribution in [0.4, 0.5) is 10.1 Å². The van der Waals surface area contributed by atoms with E-state index >= 15 is 0 Å². The van der Waals surface area contributed by atoms with Crippen molar-refractivity contribution in [1.82, 2.24) is 9.78 Å². The second-order valence-electron chi connectivity index (χ2n) is 6.92. The minimum atomic E-state index is -0.464. The van der Waals surface area contributed by atoms with Gasteiger partial charge >= 0.3 is 0 Å². The summed E-state index contributed by atoms with van der Waals surface area (Å²) in [6.07, 6.45) is 0. The number of ether oxygens (including phenoxy) is 3. The van der Waals surface area contributed by atoms with Gasteiger partial charge in [0.15, 0.2) is 0 Å². The zero-order chi connectivity index (χ0) is 22.5. The van der Waals surface area contributed by atoms with E-state index in [0.717, 1.165) is 16.5 Å². The maximum Gasteiger partial charge on any atom is 0.269 e. The van der Waals surface area contributed by atoms with Crippen molar-refractivity contribution in [3.63, 3.8) is 0 Å². The van der Waals surface area contributed by atoms with Crippen LogP contribution in [0.5, 0.6) is 17.4 Å². The molecule has 1 heterocycles. The molecular formula is C23H20FN3O5. The molecule has 1 aromatic heterocycles. The molecular weight excluding hydrogens is 417 g/mol. The molecule has 0 aliphatic carbocycles. The molecule has 0 atom stereocenters. The Morgan fingerprint density at radius 3 is 2.34 bits per heavy atom. The summed E-state index contributed by atoms with van der Waals surface area (Å²) in [4.78, 5) is 10.3. The van der Waals surface area contributed by atoms with E-state index in [1.807, 2.05) is 18.2 Å². The smallest absolute Gasteiger partial charge is 0.269 e. The van der Waals surface area contributed by atoms with Crippen molar-refractivity contribution < 1.29 is 23.5 Å². The van der Waals surface area contributed by atoms with Gasteiger partial charge in [0.25, 0.3) is 5.69 Å². The third-order valence-corrected chi connectivity index (χ3v) is 4.81. The number of aromatic nitrogens is 2. The van der Waals surface area contributed by atoms with Gasteiger partial charge in [-0.15, -0.1) is 5.10 Å². The van der Waals surface area contributed by atoms with E-state index in [4.69, 9.17) is 14.2 Å². The lowest BCUT2D eigenvalue weighted by atomic mass is 10.2. The van der Waals surface area contributed by atoms with E-state index in [-0.39, 0.29) is 24.7 Å². The fourth-order valence-electron chi connectivity index (χ4n) is 3.21. The Morgan fingerprint density at radius 1 is 0.969 bits per heavy atom. The number of fused-ring (bicyclic) bond motifs is 1. The Balaban J connectivity index is 1.47. The highest BCUT2D eigenvalue weighted by atomic mass is 19.1. The first kappa shape index (κ1) is 21.1. The molecule has 164 valence electrons. The summed E-state index contributed by atoms with van der Waals surface area (Å²) in [5.74, 6) is 1.31. The second kappa shape index (κ2) is 9.34. The first-order valence-electron chi connectivity index (χ1n) is 9.82. The number of non-ortho nitro benzene ring substituents is 1. The lowest BCUT2D eigenvalue weighted by Crippen LogP contribution is -2.10. The molecule has 0 fully saturated rings. The van der Waals surface area contributed by atoms with Crippen molar-refractivity contribution in [3.8, 4) is 17.4 Å². The van der Waals surface area contributed by atoms with Gasteiger partial charge in [-0.25, -0.2) is 4.39 Å². The van der Waals surface area contributed by atoms with Crippen LogP contribution in [-0.2, 0) is 6.54 Å². The summed E-state index contributed by atoms with van der Waals surface area (Å²) in [6, 6.07) is 17.7. The van der Waals surface area contributed by atoms with Crippen molar-refractivity contribution in [2.45, 2.75) is 6.54 Å². The first-order valence-corrected chi connectivity index (χ1v) is 9.82. The lowest BCUT2D eigenvalue weighted by molar-refractivity contribution is -0.384. The number of nitrogens with zero attached hydrogens (tertiary/aromatic N) is 3. The zero-order valence-electron chi connectivity index (χ0n) is 17.2. The molecule has 3 aromatic carbocycles. The maximum absolute atomic E-state index is 13.2. The molecule has 4 aromatic rings. The van der Waals surface area contributed by atoms with Crippen LogP contribution in [0.2, 0.25) is 0 Å². The maximum atomic E-state index is 13.2. The number of nitro benzene ring substituents is 1. The Bertz CT molecular complexity index is 1220. The standard InChI is InChI=1S/C23H20FN3O5/c1-30-20-10-11-22-21(14-20)23(25-26(22)15-16-2-4-17(24)5-3-16)32-13-12-31-19-8-6-18(7-9-19)27(28)29/h2-11,14H,12-13,15H2,1H3. The molecule has 0 saturated heterocycles. The van der Waals surface area contributed by atoms with E-state index in [9.17, 15) is 14.5 Å². The number of benzene rings is 3. The number of halogens is 1. The Morgan fingerprint density at radius 2 is 1.66 bits per heavy atom. The van der Waals surface area contributed by atoms with Gasteiger partial charge < -0.3 is 14.2 Å². The summed E-state index contributed by atoms with van der Waals surface area (Å²) < 4.78 is 31.8. The van der Waals surface area contributed by atoms with E-state index < -0.39 is 4.92 Å². The van der Waals surface area contributed by atoms with Gasteiger partial charge in [-0.1, -0.05) is 12.1 Å². The number of hydrogen-bond donors (Lipinski definition) is 0. The molecule has 0 aliphatic rings. The molecule has 0 saturated carbocycles. The average molecular weight is 437 g/mol. The second-order valence-corrected chi connectivity index (χ2v) is 6.92. The summed E-state index contributed by atoms with van der Waals surface area (Å²) in [5.41, 5.74) is 1.75. The third kappa shape index (κ3) is 4.77. The number of nitro groups is 1. The van der Waals surface area contributed by atoms with Gasteiger partial charge in [-0.2, -0.15) is 0 Å². The van der Waals surface area contributed by atoms with Crippen molar-refractivity contribution in [3.05, 3.63) is 88.2 Å². The molecule has 4 rings (SSSR count). The van der Waals surface area contributed by atoms with Crippen molar-refractivity contribution >= 4 is 16.6 Å². The van der Waals surface area contributed by atoms with Crippen molar-refractivity contribution in [1.29, 1.82) is 0 Å². The predicted molar refractivity (Wildman–Crippen MR) is 116 cm³/mol.